The first-order chi connectivity index (χ1) is 10.0. The van der Waals surface area contributed by atoms with Crippen LogP contribution in [0.2, 0.25) is 0 Å². The number of aliphatic hydroxyl groups excluding tert-OH is 1. The summed E-state index contributed by atoms with van der Waals surface area (Å²) in [6.45, 7) is 2.21. The van der Waals surface area contributed by atoms with E-state index in [2.05, 4.69) is 17.0 Å². The third-order valence-corrected chi connectivity index (χ3v) is 4.10. The van der Waals surface area contributed by atoms with Crippen LogP contribution in [0.5, 0.6) is 0 Å². The lowest BCUT2D eigenvalue weighted by Gasteiger charge is -2.38. The molecular weight excluding hydrogens is 270 g/mol. The summed E-state index contributed by atoms with van der Waals surface area (Å²) in [6.07, 6.45) is 5.21. The van der Waals surface area contributed by atoms with Gasteiger partial charge >= 0.3 is 0 Å². The van der Waals surface area contributed by atoms with Crippen molar-refractivity contribution in [1.29, 1.82) is 0 Å². The molecule has 1 saturated heterocycles. The van der Waals surface area contributed by atoms with Crippen LogP contribution in [0.15, 0.2) is 12.4 Å². The fraction of sp³-hybridized carbons (Fsp3) is 0.714. The van der Waals surface area contributed by atoms with Crippen molar-refractivity contribution in [3.05, 3.63) is 18.0 Å². The summed E-state index contributed by atoms with van der Waals surface area (Å²) in [5.41, 5.74) is 6.79. The van der Waals surface area contributed by atoms with Gasteiger partial charge in [0.2, 0.25) is 5.91 Å². The van der Waals surface area contributed by atoms with Gasteiger partial charge in [0.05, 0.1) is 12.8 Å². The number of rotatable bonds is 5. The van der Waals surface area contributed by atoms with E-state index >= 15 is 0 Å². The number of aryl methyl sites for hydroxylation is 1. The Morgan fingerprint density at radius 3 is 2.71 bits per heavy atom. The molecule has 0 aliphatic carbocycles. The molecule has 2 heterocycles. The monoisotopic (exact) mass is 295 g/mol. The lowest BCUT2D eigenvalue weighted by Crippen LogP contribution is -2.50. The minimum absolute atomic E-state index is 0.0438. The van der Waals surface area contributed by atoms with Gasteiger partial charge in [-0.3, -0.25) is 9.48 Å². The van der Waals surface area contributed by atoms with Crippen LogP contribution < -0.4 is 5.73 Å². The van der Waals surface area contributed by atoms with Crippen molar-refractivity contribution in [2.24, 2.45) is 12.8 Å². The van der Waals surface area contributed by atoms with E-state index in [0.29, 0.717) is 12.1 Å². The minimum Gasteiger partial charge on any atom is -0.395 e. The van der Waals surface area contributed by atoms with Crippen molar-refractivity contribution in [2.45, 2.75) is 24.9 Å². The van der Waals surface area contributed by atoms with Crippen LogP contribution in [0.25, 0.3) is 0 Å². The highest BCUT2D eigenvalue weighted by Crippen LogP contribution is 2.20. The van der Waals surface area contributed by atoms with E-state index in [-0.39, 0.29) is 18.6 Å². The summed E-state index contributed by atoms with van der Waals surface area (Å²) < 4.78 is 1.63. The first-order valence-electron chi connectivity index (χ1n) is 7.37. The first kappa shape index (κ1) is 15.9. The molecule has 0 aromatic carbocycles. The molecule has 0 saturated carbocycles. The number of aliphatic hydroxyl groups is 1. The Balaban J connectivity index is 2.07. The van der Waals surface area contributed by atoms with Crippen LogP contribution >= 0.6 is 0 Å². The SMILES string of the molecule is CN1CCC(N(CCO)C(=O)C(N)c2cnn(C)c2)CC1. The zero-order chi connectivity index (χ0) is 15.4. The van der Waals surface area contributed by atoms with Crippen LogP contribution in [0.4, 0.5) is 0 Å². The Labute approximate surface area is 125 Å². The fourth-order valence-electron chi connectivity index (χ4n) is 2.81. The second-order valence-electron chi connectivity index (χ2n) is 5.71. The molecule has 3 N–H and O–H groups in total. The zero-order valence-corrected chi connectivity index (χ0v) is 12.8. The minimum atomic E-state index is -0.718. The summed E-state index contributed by atoms with van der Waals surface area (Å²) >= 11 is 0. The highest BCUT2D eigenvalue weighted by Gasteiger charge is 2.30. The molecule has 1 fully saturated rings. The smallest absolute Gasteiger partial charge is 0.244 e. The molecule has 2 rings (SSSR count). The number of nitrogens with zero attached hydrogens (tertiary/aromatic N) is 4. The predicted molar refractivity (Wildman–Crippen MR) is 79.5 cm³/mol. The third kappa shape index (κ3) is 3.81. The molecule has 21 heavy (non-hydrogen) atoms. The molecule has 0 spiro atoms. The molecule has 1 atom stereocenters. The lowest BCUT2D eigenvalue weighted by atomic mass is 10.0. The van der Waals surface area contributed by atoms with Gasteiger partial charge in [0.25, 0.3) is 0 Å². The van der Waals surface area contributed by atoms with Crippen LogP contribution in [-0.4, -0.2) is 69.9 Å². The number of aromatic nitrogens is 2. The normalized spacial score (nSPS) is 18.7. The third-order valence-electron chi connectivity index (χ3n) is 4.10. The molecule has 0 radical (unpaired) electrons. The summed E-state index contributed by atoms with van der Waals surface area (Å²) in [4.78, 5) is 16.7. The van der Waals surface area contributed by atoms with Crippen molar-refractivity contribution in [3.63, 3.8) is 0 Å². The topological polar surface area (TPSA) is 87.6 Å². The van der Waals surface area contributed by atoms with Gasteiger partial charge in [0.15, 0.2) is 0 Å². The van der Waals surface area contributed by atoms with Gasteiger partial charge < -0.3 is 20.6 Å². The van der Waals surface area contributed by atoms with Gasteiger partial charge in [-0.1, -0.05) is 0 Å². The van der Waals surface area contributed by atoms with Gasteiger partial charge in [-0.15, -0.1) is 0 Å². The average molecular weight is 295 g/mol. The Hall–Kier alpha value is -1.44. The number of piperidine rings is 1. The fourth-order valence-corrected chi connectivity index (χ4v) is 2.81. The van der Waals surface area contributed by atoms with Crippen molar-refractivity contribution in [2.75, 3.05) is 33.3 Å². The number of carbonyl (C=O) groups excluding carboxylic acids is 1. The van der Waals surface area contributed by atoms with E-state index in [9.17, 15) is 9.90 Å². The molecule has 1 aliphatic heterocycles. The average Bonchev–Trinajstić information content (AvgIpc) is 2.91. The summed E-state index contributed by atoms with van der Waals surface area (Å²) in [5, 5.41) is 13.3. The van der Waals surface area contributed by atoms with Crippen LogP contribution in [0.1, 0.15) is 24.4 Å². The molecule has 0 bridgehead atoms. The molecule has 1 amide bonds. The van der Waals surface area contributed by atoms with Crippen LogP contribution in [-0.2, 0) is 11.8 Å². The van der Waals surface area contributed by atoms with Crippen molar-refractivity contribution < 1.29 is 9.90 Å². The summed E-state index contributed by atoms with van der Waals surface area (Å²) in [7, 11) is 3.87. The Bertz CT molecular complexity index is 468. The van der Waals surface area contributed by atoms with Gasteiger partial charge in [-0.25, -0.2) is 0 Å². The zero-order valence-electron chi connectivity index (χ0n) is 12.8. The molecule has 1 aromatic heterocycles. The molecule has 1 unspecified atom stereocenters. The molecule has 1 aliphatic rings. The van der Waals surface area contributed by atoms with Gasteiger partial charge in [-0.2, -0.15) is 5.10 Å². The maximum atomic E-state index is 12.7. The number of hydrogen-bond donors (Lipinski definition) is 2. The maximum absolute atomic E-state index is 12.7. The van der Waals surface area contributed by atoms with E-state index in [1.54, 1.807) is 29.0 Å². The van der Waals surface area contributed by atoms with Gasteiger partial charge in [0.1, 0.15) is 6.04 Å². The van der Waals surface area contributed by atoms with Crippen LogP contribution in [0.3, 0.4) is 0 Å². The number of amides is 1. The van der Waals surface area contributed by atoms with Crippen molar-refractivity contribution in [1.82, 2.24) is 19.6 Å². The molecule has 7 heteroatoms. The second kappa shape index (κ2) is 7.02. The van der Waals surface area contributed by atoms with Crippen LogP contribution in [0, 0.1) is 0 Å². The number of hydrogen-bond acceptors (Lipinski definition) is 5. The first-order valence-corrected chi connectivity index (χ1v) is 7.37. The molecule has 1 aromatic rings. The van der Waals surface area contributed by atoms with E-state index in [1.165, 1.54) is 0 Å². The molecule has 118 valence electrons. The van der Waals surface area contributed by atoms with E-state index in [0.717, 1.165) is 25.9 Å². The van der Waals surface area contributed by atoms with Gasteiger partial charge in [-0.05, 0) is 33.0 Å². The number of nitrogens with two attached hydrogens (primary N) is 1. The molecule has 7 nitrogen and oxygen atoms in total. The summed E-state index contributed by atoms with van der Waals surface area (Å²) in [6, 6.07) is -0.562. The van der Waals surface area contributed by atoms with Crippen molar-refractivity contribution >= 4 is 5.91 Å². The largest absolute Gasteiger partial charge is 0.395 e. The maximum Gasteiger partial charge on any atom is 0.244 e. The van der Waals surface area contributed by atoms with E-state index < -0.39 is 6.04 Å². The highest BCUT2D eigenvalue weighted by molar-refractivity contribution is 5.83. The summed E-state index contributed by atoms with van der Waals surface area (Å²) in [5.74, 6) is -0.133. The van der Waals surface area contributed by atoms with E-state index in [1.807, 2.05) is 0 Å². The molecular formula is C14H25N5O2. The number of likely N-dealkylation sites (tertiary alicyclic amines) is 1. The number of carbonyl (C=O) groups is 1. The Kier molecular flexibility index (Phi) is 5.33. The van der Waals surface area contributed by atoms with Crippen molar-refractivity contribution in [3.8, 4) is 0 Å². The van der Waals surface area contributed by atoms with E-state index in [4.69, 9.17) is 5.73 Å². The second-order valence-corrected chi connectivity index (χ2v) is 5.71. The Morgan fingerprint density at radius 1 is 1.52 bits per heavy atom. The highest BCUT2D eigenvalue weighted by atomic mass is 16.3. The Morgan fingerprint density at radius 2 is 2.19 bits per heavy atom. The quantitative estimate of drug-likeness (QED) is 0.752. The predicted octanol–water partition coefficient (Wildman–Crippen LogP) is -0.665. The lowest BCUT2D eigenvalue weighted by molar-refractivity contribution is -0.136. The van der Waals surface area contributed by atoms with Gasteiger partial charge in [0, 0.05) is 31.4 Å². The standard InChI is InChI=1S/C14H25N5O2/c1-17-5-3-12(4-6-17)19(7-8-20)14(21)13(15)11-9-16-18(2)10-11/h9-10,12-13,20H,3-8,15H2,1-2H3.